The molecule has 1 aromatic carbocycles. The number of hydrogen-bond acceptors (Lipinski definition) is 3. The van der Waals surface area contributed by atoms with Crippen LogP contribution in [-0.2, 0) is 9.59 Å². The van der Waals surface area contributed by atoms with Crippen molar-refractivity contribution in [3.05, 3.63) is 24.3 Å². The van der Waals surface area contributed by atoms with Gasteiger partial charge < -0.3 is 10.1 Å². The molecule has 0 unspecified atom stereocenters. The van der Waals surface area contributed by atoms with Gasteiger partial charge in [-0.05, 0) is 25.0 Å². The van der Waals surface area contributed by atoms with Crippen LogP contribution in [0.15, 0.2) is 24.3 Å². The summed E-state index contributed by atoms with van der Waals surface area (Å²) >= 11 is 0. The first-order valence-electron chi connectivity index (χ1n) is 7.30. The van der Waals surface area contributed by atoms with E-state index in [0.29, 0.717) is 24.0 Å². The number of nitrogens with one attached hydrogen (secondary N) is 1. The normalized spacial score (nSPS) is 16.0. The minimum Gasteiger partial charge on any atom is -0.491 e. The van der Waals surface area contributed by atoms with Crippen molar-refractivity contribution < 1.29 is 14.3 Å². The second-order valence-corrected chi connectivity index (χ2v) is 5.65. The first-order chi connectivity index (χ1) is 9.99. The molecular weight excluding hydrogens is 268 g/mol. The maximum atomic E-state index is 12.2. The Morgan fingerprint density at radius 1 is 1.33 bits per heavy atom. The van der Waals surface area contributed by atoms with E-state index in [1.807, 2.05) is 39.0 Å². The summed E-state index contributed by atoms with van der Waals surface area (Å²) in [5.41, 5.74) is 0.660. The highest BCUT2D eigenvalue weighted by molar-refractivity contribution is 6.00. The second kappa shape index (κ2) is 6.61. The highest BCUT2D eigenvalue weighted by atomic mass is 16.5. The lowest BCUT2D eigenvalue weighted by molar-refractivity contribution is -0.124. The van der Waals surface area contributed by atoms with Crippen molar-refractivity contribution >= 4 is 17.5 Å². The predicted molar refractivity (Wildman–Crippen MR) is 81.3 cm³/mol. The van der Waals surface area contributed by atoms with E-state index in [4.69, 9.17) is 4.74 Å². The molecule has 0 aromatic heterocycles. The van der Waals surface area contributed by atoms with E-state index < -0.39 is 0 Å². The van der Waals surface area contributed by atoms with Crippen LogP contribution in [0, 0.1) is 5.92 Å². The third-order valence-corrected chi connectivity index (χ3v) is 3.72. The van der Waals surface area contributed by atoms with Gasteiger partial charge in [0, 0.05) is 6.04 Å². The number of ether oxygens (including phenoxy) is 1. The molecule has 5 heteroatoms. The van der Waals surface area contributed by atoms with Crippen LogP contribution in [0.3, 0.4) is 0 Å². The zero-order valence-corrected chi connectivity index (χ0v) is 12.8. The monoisotopic (exact) mass is 290 g/mol. The number of fused-ring (bicyclic) bond motifs is 1. The lowest BCUT2D eigenvalue weighted by Gasteiger charge is -2.23. The topological polar surface area (TPSA) is 58.6 Å². The molecule has 1 N–H and O–H groups in total. The number of rotatable bonds is 4. The number of benzene rings is 1. The van der Waals surface area contributed by atoms with Crippen LogP contribution in [0.25, 0.3) is 0 Å². The summed E-state index contributed by atoms with van der Waals surface area (Å²) in [6, 6.07) is 7.38. The molecule has 114 valence electrons. The summed E-state index contributed by atoms with van der Waals surface area (Å²) in [4.78, 5) is 25.9. The van der Waals surface area contributed by atoms with Crippen molar-refractivity contribution in [3.63, 3.8) is 0 Å². The highest BCUT2D eigenvalue weighted by Crippen LogP contribution is 2.30. The molecular formula is C16H22N2O3. The van der Waals surface area contributed by atoms with Gasteiger partial charge in [0.2, 0.25) is 11.8 Å². The fourth-order valence-electron chi connectivity index (χ4n) is 2.10. The molecule has 1 aliphatic rings. The molecule has 2 amide bonds. The van der Waals surface area contributed by atoms with E-state index in [1.165, 1.54) is 4.90 Å². The highest BCUT2D eigenvalue weighted by Gasteiger charge is 2.25. The Morgan fingerprint density at radius 3 is 2.76 bits per heavy atom. The van der Waals surface area contributed by atoms with E-state index in [0.717, 1.165) is 0 Å². The van der Waals surface area contributed by atoms with E-state index in [2.05, 4.69) is 5.32 Å². The van der Waals surface area contributed by atoms with E-state index >= 15 is 0 Å². The van der Waals surface area contributed by atoms with Crippen molar-refractivity contribution in [3.8, 4) is 5.75 Å². The molecule has 1 heterocycles. The first kappa shape index (κ1) is 15.4. The van der Waals surface area contributed by atoms with E-state index in [9.17, 15) is 9.59 Å². The number of anilines is 1. The molecule has 0 spiro atoms. The molecule has 0 bridgehead atoms. The molecule has 1 aromatic rings. The largest absolute Gasteiger partial charge is 0.491 e. The Balaban J connectivity index is 2.14. The Hall–Kier alpha value is -2.04. The smallest absolute Gasteiger partial charge is 0.240 e. The van der Waals surface area contributed by atoms with Gasteiger partial charge in [0.1, 0.15) is 12.3 Å². The standard InChI is InChI=1S/C16H22N2O3/c1-11(2)12(3)17-15(19)10-18-13-6-4-5-7-14(13)21-9-8-16(18)20/h4-7,11-12H,8-10H2,1-3H3,(H,17,19)/t12-/m1/s1. The third kappa shape index (κ3) is 3.74. The number of para-hydroxylation sites is 2. The number of carbonyl (C=O) groups is 2. The van der Waals surface area contributed by atoms with Crippen LogP contribution in [0.5, 0.6) is 5.75 Å². The van der Waals surface area contributed by atoms with Gasteiger partial charge in [-0.1, -0.05) is 26.0 Å². The van der Waals surface area contributed by atoms with Gasteiger partial charge in [-0.15, -0.1) is 0 Å². The lowest BCUT2D eigenvalue weighted by atomic mass is 10.1. The molecule has 5 nitrogen and oxygen atoms in total. The summed E-state index contributed by atoms with van der Waals surface area (Å²) in [7, 11) is 0. The van der Waals surface area contributed by atoms with Gasteiger partial charge in [0.05, 0.1) is 18.7 Å². The molecule has 2 rings (SSSR count). The van der Waals surface area contributed by atoms with Crippen molar-refractivity contribution in [2.24, 2.45) is 5.92 Å². The van der Waals surface area contributed by atoms with Crippen LogP contribution in [0.4, 0.5) is 5.69 Å². The van der Waals surface area contributed by atoms with Gasteiger partial charge in [0.25, 0.3) is 0 Å². The Kier molecular flexibility index (Phi) is 4.83. The third-order valence-electron chi connectivity index (χ3n) is 3.72. The van der Waals surface area contributed by atoms with Gasteiger partial charge in [-0.2, -0.15) is 0 Å². The Labute approximate surface area is 125 Å². The fourth-order valence-corrected chi connectivity index (χ4v) is 2.10. The number of hydrogen-bond donors (Lipinski definition) is 1. The second-order valence-electron chi connectivity index (χ2n) is 5.65. The van der Waals surface area contributed by atoms with Crippen molar-refractivity contribution in [2.75, 3.05) is 18.1 Å². The summed E-state index contributed by atoms with van der Waals surface area (Å²) in [5, 5.41) is 2.92. The van der Waals surface area contributed by atoms with Crippen molar-refractivity contribution in [1.82, 2.24) is 5.32 Å². The average Bonchev–Trinajstić information content (AvgIpc) is 2.59. The molecule has 0 aliphatic carbocycles. The average molecular weight is 290 g/mol. The number of carbonyl (C=O) groups excluding carboxylic acids is 2. The van der Waals surface area contributed by atoms with Crippen LogP contribution < -0.4 is 15.0 Å². The molecule has 0 fully saturated rings. The SMILES string of the molecule is CC(C)[C@@H](C)NC(=O)CN1C(=O)CCOc2ccccc21. The lowest BCUT2D eigenvalue weighted by Crippen LogP contribution is -2.44. The summed E-state index contributed by atoms with van der Waals surface area (Å²) in [5.74, 6) is 0.756. The number of nitrogens with zero attached hydrogens (tertiary/aromatic N) is 1. The zero-order valence-electron chi connectivity index (χ0n) is 12.8. The summed E-state index contributed by atoms with van der Waals surface area (Å²) < 4.78 is 5.56. The molecule has 1 aliphatic heterocycles. The fraction of sp³-hybridized carbons (Fsp3) is 0.500. The van der Waals surface area contributed by atoms with E-state index in [1.54, 1.807) is 6.07 Å². The van der Waals surface area contributed by atoms with Crippen LogP contribution >= 0.6 is 0 Å². The summed E-state index contributed by atoms with van der Waals surface area (Å²) in [6.45, 7) is 6.42. The molecule has 1 atom stereocenters. The molecule has 21 heavy (non-hydrogen) atoms. The minimum absolute atomic E-state index is 0.0241. The van der Waals surface area contributed by atoms with E-state index in [-0.39, 0.29) is 30.8 Å². The van der Waals surface area contributed by atoms with Gasteiger partial charge in [0.15, 0.2) is 0 Å². The van der Waals surface area contributed by atoms with Crippen LogP contribution in [-0.4, -0.2) is 31.0 Å². The van der Waals surface area contributed by atoms with Gasteiger partial charge >= 0.3 is 0 Å². The van der Waals surface area contributed by atoms with Gasteiger partial charge in [-0.3, -0.25) is 14.5 Å². The Bertz CT molecular complexity index is 528. The Morgan fingerprint density at radius 2 is 2.05 bits per heavy atom. The minimum atomic E-state index is -0.152. The molecule has 0 saturated heterocycles. The molecule has 0 radical (unpaired) electrons. The van der Waals surface area contributed by atoms with Crippen LogP contribution in [0.1, 0.15) is 27.2 Å². The van der Waals surface area contributed by atoms with Gasteiger partial charge in [-0.25, -0.2) is 0 Å². The van der Waals surface area contributed by atoms with Crippen molar-refractivity contribution in [2.45, 2.75) is 33.2 Å². The molecule has 0 saturated carbocycles. The maximum absolute atomic E-state index is 12.2. The predicted octanol–water partition coefficient (Wildman–Crippen LogP) is 1.96. The zero-order chi connectivity index (χ0) is 15.4. The van der Waals surface area contributed by atoms with Crippen LogP contribution in [0.2, 0.25) is 0 Å². The summed E-state index contributed by atoms with van der Waals surface area (Å²) in [6.07, 6.45) is 0.279. The number of amides is 2. The maximum Gasteiger partial charge on any atom is 0.240 e. The van der Waals surface area contributed by atoms with Crippen molar-refractivity contribution in [1.29, 1.82) is 0 Å². The quantitative estimate of drug-likeness (QED) is 0.922. The first-order valence-corrected chi connectivity index (χ1v) is 7.30.